The average Bonchev–Trinajstić information content (AvgIpc) is 1.60. The van der Waals surface area contributed by atoms with E-state index in [-0.39, 0.29) is 22.4 Å². The summed E-state index contributed by atoms with van der Waals surface area (Å²) in [6.07, 6.45) is 2.97. The molecule has 106 heavy (non-hydrogen) atoms. The predicted molar refractivity (Wildman–Crippen MR) is 434 cm³/mol. The molecule has 1 aliphatic heterocycles. The van der Waals surface area contributed by atoms with Crippen molar-refractivity contribution in [2.45, 2.75) is 238 Å². The second-order valence-corrected chi connectivity index (χ2v) is 31.1. The maximum absolute atomic E-state index is 13.1. The van der Waals surface area contributed by atoms with Crippen LogP contribution >= 0.6 is 11.6 Å². The summed E-state index contributed by atoms with van der Waals surface area (Å²) in [4.78, 5) is 17.5. The van der Waals surface area contributed by atoms with E-state index >= 15 is 0 Å². The van der Waals surface area contributed by atoms with Gasteiger partial charge in [-0.05, 0) is 156 Å². The first kappa shape index (κ1) is 87.4. The molecule has 1 unspecified atom stereocenters. The Balaban J connectivity index is 0.000000219. The van der Waals surface area contributed by atoms with Crippen LogP contribution in [-0.2, 0) is 11.7 Å². The van der Waals surface area contributed by atoms with E-state index in [9.17, 15) is 13.2 Å². The second-order valence-electron chi connectivity index (χ2n) is 30.7. The number of nitrogens with zero attached hydrogens (tertiary/aromatic N) is 10. The van der Waals surface area contributed by atoms with Gasteiger partial charge in [0.1, 0.15) is 39.9 Å². The molecular formula is C89H117ClF3N10O3+. The molecule has 0 saturated carbocycles. The van der Waals surface area contributed by atoms with E-state index in [2.05, 4.69) is 245 Å². The van der Waals surface area contributed by atoms with Crippen molar-refractivity contribution in [2.75, 3.05) is 0 Å². The zero-order valence-electron chi connectivity index (χ0n) is 67.5. The first-order valence-electron chi connectivity index (χ1n) is 37.0. The lowest BCUT2D eigenvalue weighted by Crippen LogP contribution is -2.27. The van der Waals surface area contributed by atoms with E-state index in [0.29, 0.717) is 64.4 Å². The number of ether oxygens (including phenoxy) is 1. The van der Waals surface area contributed by atoms with Crippen molar-refractivity contribution in [1.82, 2.24) is 39.7 Å². The summed E-state index contributed by atoms with van der Waals surface area (Å²) in [6.45, 7) is 52.8. The van der Waals surface area contributed by atoms with Crippen molar-refractivity contribution in [3.05, 3.63) is 256 Å². The number of benzene rings is 4. The molecule has 0 bridgehead atoms. The van der Waals surface area contributed by atoms with Gasteiger partial charge in [-0.15, -0.1) is 0 Å². The van der Waals surface area contributed by atoms with Crippen LogP contribution in [0.4, 0.5) is 13.2 Å². The number of hydrogen-bond acceptors (Lipinski definition) is 10. The first-order chi connectivity index (χ1) is 49.8. The summed E-state index contributed by atoms with van der Waals surface area (Å²) >= 11 is 5.81. The molecule has 17 heteroatoms. The number of para-hydroxylation sites is 3. The van der Waals surface area contributed by atoms with Crippen molar-refractivity contribution in [3.8, 4) is 28.6 Å². The zero-order valence-corrected chi connectivity index (χ0v) is 68.2. The van der Waals surface area contributed by atoms with Gasteiger partial charge in [-0.3, -0.25) is 9.67 Å². The van der Waals surface area contributed by atoms with Crippen LogP contribution in [0.3, 0.4) is 0 Å². The van der Waals surface area contributed by atoms with E-state index in [1.165, 1.54) is 34.2 Å². The van der Waals surface area contributed by atoms with Gasteiger partial charge in [0.2, 0.25) is 12.0 Å². The molecule has 0 radical (unpaired) electrons. The Morgan fingerprint density at radius 3 is 1.60 bits per heavy atom. The van der Waals surface area contributed by atoms with Crippen LogP contribution in [0.1, 0.15) is 257 Å². The van der Waals surface area contributed by atoms with Gasteiger partial charge in [0.25, 0.3) is 0 Å². The maximum atomic E-state index is 13.1. The second kappa shape index (κ2) is 41.0. The first-order valence-corrected chi connectivity index (χ1v) is 37.4. The highest BCUT2D eigenvalue weighted by Crippen LogP contribution is 2.37. The zero-order chi connectivity index (χ0) is 78.8. The van der Waals surface area contributed by atoms with Gasteiger partial charge in [-0.2, -0.15) is 23.4 Å². The van der Waals surface area contributed by atoms with Crippen molar-refractivity contribution >= 4 is 34.4 Å². The molecule has 1 aliphatic rings. The molecule has 0 amide bonds. The third kappa shape index (κ3) is 27.9. The van der Waals surface area contributed by atoms with E-state index in [0.717, 1.165) is 55.7 Å². The molecule has 0 fully saturated rings. The fourth-order valence-corrected chi connectivity index (χ4v) is 10.9. The Labute approximate surface area is 635 Å². The van der Waals surface area contributed by atoms with Gasteiger partial charge >= 0.3 is 6.18 Å². The van der Waals surface area contributed by atoms with Crippen molar-refractivity contribution in [3.63, 3.8) is 0 Å². The molecule has 7 aromatic heterocycles. The molecule has 0 N–H and O–H groups in total. The van der Waals surface area contributed by atoms with Crippen LogP contribution in [0.5, 0.6) is 11.6 Å². The number of fused-ring (bicyclic) bond motifs is 1. The van der Waals surface area contributed by atoms with Gasteiger partial charge in [-0.25, -0.2) is 24.2 Å². The monoisotopic (exact) mass is 1470 g/mol. The van der Waals surface area contributed by atoms with E-state index in [1.54, 1.807) is 50.4 Å². The molecule has 13 nitrogen and oxygen atoms in total. The summed E-state index contributed by atoms with van der Waals surface area (Å²) in [5.41, 5.74) is 10.6. The highest BCUT2D eigenvalue weighted by molar-refractivity contribution is 6.31. The largest absolute Gasteiger partial charge is 0.461 e. The normalized spacial score (nSPS) is 12.7. The van der Waals surface area contributed by atoms with Crippen LogP contribution in [0.15, 0.2) is 208 Å². The third-order valence-electron chi connectivity index (χ3n) is 16.7. The van der Waals surface area contributed by atoms with Crippen LogP contribution in [-0.4, -0.2) is 68.4 Å². The predicted octanol–water partition coefficient (Wildman–Crippen LogP) is 25.8. The van der Waals surface area contributed by atoms with Crippen LogP contribution in [0.2, 0.25) is 5.15 Å². The number of hydrogen-bond donors (Lipinski definition) is 0. The SMILES string of the molecule is CC(C)[N+]1=CC(C(C)(C)C)=NC1C.CC(C)c1ccc(-c2ccccc2)o1.CC(C)c1ccc(Oc2ccccc2)nc1.CC(C)c1ccc2ccccc2n1.CC(C)c1cccnc1Cl.CC(C)c1cnn(-c2ccccc2)c1C(F)(F)F.Cc1cc(C(C)C)n(C(C)(C)C)n1.Cc1cc(C(C)C)no1. The number of aliphatic imine (C=N–C) groups is 1. The lowest BCUT2D eigenvalue weighted by atomic mass is 9.91. The number of pyridine rings is 3. The lowest BCUT2D eigenvalue weighted by molar-refractivity contribution is -0.580. The Hall–Kier alpha value is -9.28. The molecule has 8 heterocycles. The Bertz CT molecular complexity index is 4420. The molecule has 0 aliphatic carbocycles. The highest BCUT2D eigenvalue weighted by Gasteiger charge is 2.39. The minimum atomic E-state index is -4.41. The standard InChI is InChI=1S/C14H15NO.C13H13F3N2.C13H14O.C12H13N.C11H21N2.C11H20N2.C8H10ClN.C7H11NO/c1-11(2)12-8-9-14(15-10-12)16-13-6-4-3-5-7-13;1-9(2)11-8-17-18(12(11)13(14,15)16)10-6-4-3-5-7-10;1-10(2)12-8-9-13(14-12)11-6-4-3-5-7-11;1-9(2)11-8-7-10-5-3-4-6-12(10)13-11;1-8(2)13-7-10(11(4,5)6)12-9(13)3;1-8(2)10-7-9(3)12-13(10)11(4,5)6;1-6(2)7-4-3-5-10-8(7)9;1-5(2)7-4-6(3)9-8-7/h3-11H,1-2H3;3-9H,1-2H3;3-10H,1-2H3;3-9H,1-2H3;7-9H,1-6H3;7-8H,1-6H3;3-6H,1-2H3;4-5H,1-3H3/q;;;;+1;;;. The Morgan fingerprint density at radius 1 is 0.566 bits per heavy atom. The van der Waals surface area contributed by atoms with Crippen molar-refractivity contribution in [1.29, 1.82) is 0 Å². The molecular weight excluding hydrogens is 1350 g/mol. The quantitative estimate of drug-likeness (QED) is 0.0864. The summed E-state index contributed by atoms with van der Waals surface area (Å²) in [5.74, 6) is 7.04. The van der Waals surface area contributed by atoms with Crippen LogP contribution in [0.25, 0.3) is 27.9 Å². The van der Waals surface area contributed by atoms with Crippen molar-refractivity contribution < 1.29 is 31.4 Å². The average molecular weight is 1470 g/mol. The molecule has 1 atom stereocenters. The summed E-state index contributed by atoms with van der Waals surface area (Å²) < 4.78 is 61.0. The Kier molecular flexibility index (Phi) is 33.8. The molecule has 568 valence electrons. The summed E-state index contributed by atoms with van der Waals surface area (Å²) in [6, 6.07) is 57.3. The fraction of sp³-hybridized carbons (Fsp3) is 0.416. The number of aryl methyl sites for hydroxylation is 2. The minimum absolute atomic E-state index is 0.0911. The minimum Gasteiger partial charge on any atom is -0.461 e. The maximum Gasteiger partial charge on any atom is 0.433 e. The molecule has 11 aromatic rings. The van der Waals surface area contributed by atoms with Gasteiger partial charge in [0, 0.05) is 70.7 Å². The Morgan fingerprint density at radius 2 is 1.16 bits per heavy atom. The van der Waals surface area contributed by atoms with E-state index in [4.69, 9.17) is 25.3 Å². The lowest BCUT2D eigenvalue weighted by Gasteiger charge is -2.23. The van der Waals surface area contributed by atoms with Gasteiger partial charge in [0.15, 0.2) is 11.9 Å². The number of rotatable bonds is 12. The number of alkyl halides is 3. The van der Waals surface area contributed by atoms with E-state index in [1.807, 2.05) is 117 Å². The fourth-order valence-electron chi connectivity index (χ4n) is 10.5. The molecule has 12 rings (SSSR count). The number of halogens is 4. The van der Waals surface area contributed by atoms with Gasteiger partial charge in [0.05, 0.1) is 34.3 Å². The molecule has 0 spiro atoms. The third-order valence-corrected chi connectivity index (χ3v) is 17.0. The smallest absolute Gasteiger partial charge is 0.433 e. The van der Waals surface area contributed by atoms with Crippen LogP contribution in [0, 0.1) is 19.3 Å². The topological polar surface area (TPSA) is 138 Å². The summed E-state index contributed by atoms with van der Waals surface area (Å²) in [5, 5.41) is 14.1. The molecule has 4 aromatic carbocycles. The van der Waals surface area contributed by atoms with E-state index < -0.39 is 11.9 Å². The highest BCUT2D eigenvalue weighted by atomic mass is 35.5. The van der Waals surface area contributed by atoms with Crippen molar-refractivity contribution in [2.24, 2.45) is 10.4 Å². The molecule has 0 saturated heterocycles. The number of furan rings is 1. The van der Waals surface area contributed by atoms with Crippen LogP contribution < -0.4 is 4.74 Å². The van der Waals surface area contributed by atoms with Gasteiger partial charge in [-0.1, -0.05) is 238 Å². The number of aromatic nitrogens is 8. The summed E-state index contributed by atoms with van der Waals surface area (Å²) in [7, 11) is 0. The van der Waals surface area contributed by atoms with Gasteiger partial charge < -0.3 is 13.7 Å².